The van der Waals surface area contributed by atoms with Crippen molar-refractivity contribution in [2.75, 3.05) is 18.4 Å². The summed E-state index contributed by atoms with van der Waals surface area (Å²) in [5.41, 5.74) is 3.71. The van der Waals surface area contributed by atoms with Crippen molar-refractivity contribution >= 4 is 33.4 Å². The van der Waals surface area contributed by atoms with Crippen LogP contribution in [-0.4, -0.2) is 32.4 Å². The van der Waals surface area contributed by atoms with Crippen molar-refractivity contribution in [2.45, 2.75) is 32.7 Å². The first-order chi connectivity index (χ1) is 14.7. The number of nitrogens with one attached hydrogen (secondary N) is 2. The number of aryl methyl sites for hydroxylation is 1. The molecule has 0 aromatic carbocycles. The van der Waals surface area contributed by atoms with Gasteiger partial charge in [-0.05, 0) is 25.9 Å². The molecule has 5 heterocycles. The third-order valence-electron chi connectivity index (χ3n) is 5.30. The van der Waals surface area contributed by atoms with Crippen molar-refractivity contribution in [1.82, 2.24) is 22.8 Å². The summed E-state index contributed by atoms with van der Waals surface area (Å²) in [5.74, 6) is 0.500. The number of rotatable bonds is 5. The average molecular weight is 537 g/mol. The molecule has 158 valence electrons. The quantitative estimate of drug-likeness (QED) is 0.381. The van der Waals surface area contributed by atoms with Crippen LogP contribution in [0.1, 0.15) is 35.5 Å². The summed E-state index contributed by atoms with van der Waals surface area (Å²) in [5, 5.41) is 4.08. The molecule has 9 heteroatoms. The number of piperidine rings is 1. The van der Waals surface area contributed by atoms with Gasteiger partial charge in [-0.1, -0.05) is 6.42 Å². The van der Waals surface area contributed by atoms with Crippen molar-refractivity contribution in [2.24, 2.45) is 0 Å². The molecule has 0 bridgehead atoms. The monoisotopic (exact) mass is 537 g/mol. The van der Waals surface area contributed by atoms with Gasteiger partial charge in [-0.15, -0.1) is 0 Å². The number of imidazole rings is 1. The minimum atomic E-state index is -0.146. The molecule has 2 aliphatic heterocycles. The van der Waals surface area contributed by atoms with Gasteiger partial charge in [0.1, 0.15) is 0 Å². The first-order valence-corrected chi connectivity index (χ1v) is 13.2. The SMILES string of the molecule is Cc1cn2c(C3=CN[I-]C=C3)cnc2c(Nc2cc(F)c(CN3CCCCC3)s2)n1. The number of hydrogen-bond acceptors (Lipinski definition) is 6. The number of fused-ring (bicyclic) bond motifs is 1. The van der Waals surface area contributed by atoms with Crippen LogP contribution in [0.15, 0.2) is 34.8 Å². The van der Waals surface area contributed by atoms with Gasteiger partial charge in [-0.2, -0.15) is 0 Å². The first kappa shape index (κ1) is 20.0. The normalized spacial score (nSPS) is 17.5. The summed E-state index contributed by atoms with van der Waals surface area (Å²) in [6, 6.07) is 1.58. The van der Waals surface area contributed by atoms with E-state index < -0.39 is 0 Å². The number of nitrogens with zero attached hydrogens (tertiary/aromatic N) is 4. The van der Waals surface area contributed by atoms with E-state index in [1.54, 1.807) is 6.07 Å². The van der Waals surface area contributed by atoms with Gasteiger partial charge < -0.3 is 0 Å². The third-order valence-corrected chi connectivity index (χ3v) is 7.70. The van der Waals surface area contributed by atoms with Crippen molar-refractivity contribution < 1.29 is 25.9 Å². The van der Waals surface area contributed by atoms with Crippen LogP contribution >= 0.6 is 11.3 Å². The van der Waals surface area contributed by atoms with E-state index >= 15 is 0 Å². The van der Waals surface area contributed by atoms with Crippen molar-refractivity contribution in [3.05, 3.63) is 56.9 Å². The maximum atomic E-state index is 14.6. The van der Waals surface area contributed by atoms with Gasteiger partial charge in [0.2, 0.25) is 0 Å². The van der Waals surface area contributed by atoms with Gasteiger partial charge in [0.25, 0.3) is 0 Å². The van der Waals surface area contributed by atoms with Crippen LogP contribution in [0.3, 0.4) is 0 Å². The van der Waals surface area contributed by atoms with E-state index in [0.717, 1.165) is 45.6 Å². The van der Waals surface area contributed by atoms with Crippen LogP contribution in [-0.2, 0) is 6.54 Å². The Morgan fingerprint density at radius 2 is 2.17 bits per heavy atom. The van der Waals surface area contributed by atoms with Crippen LogP contribution in [0.5, 0.6) is 0 Å². The molecule has 1 saturated heterocycles. The summed E-state index contributed by atoms with van der Waals surface area (Å²) >= 11 is 1.38. The van der Waals surface area contributed by atoms with Gasteiger partial charge in [0.15, 0.2) is 0 Å². The maximum absolute atomic E-state index is 14.6. The molecule has 0 saturated carbocycles. The molecule has 3 aromatic heterocycles. The Labute approximate surface area is 189 Å². The fourth-order valence-electron chi connectivity index (χ4n) is 3.85. The van der Waals surface area contributed by atoms with Crippen molar-refractivity contribution in [1.29, 1.82) is 0 Å². The van der Waals surface area contributed by atoms with Gasteiger partial charge in [-0.3, -0.25) is 4.90 Å². The zero-order chi connectivity index (χ0) is 20.5. The molecule has 6 nitrogen and oxygen atoms in total. The molecule has 30 heavy (non-hydrogen) atoms. The molecule has 1 fully saturated rings. The minimum absolute atomic E-state index is 0.0877. The Bertz CT molecular complexity index is 1130. The molecule has 0 atom stereocenters. The summed E-state index contributed by atoms with van der Waals surface area (Å²) in [4.78, 5) is 12.4. The molecule has 2 aliphatic rings. The Morgan fingerprint density at radius 1 is 1.30 bits per heavy atom. The number of halogens is 2. The molecule has 0 amide bonds. The van der Waals surface area contributed by atoms with Crippen LogP contribution in [0.25, 0.3) is 11.2 Å². The van der Waals surface area contributed by atoms with Crippen LogP contribution in [0, 0.1) is 12.7 Å². The topological polar surface area (TPSA) is 57.5 Å². The Morgan fingerprint density at radius 3 is 2.97 bits per heavy atom. The number of hydrogen-bond donors (Lipinski definition) is 2. The van der Waals surface area contributed by atoms with Crippen LogP contribution in [0.2, 0.25) is 0 Å². The second-order valence-corrected chi connectivity index (χ2v) is 10.6. The first-order valence-electron chi connectivity index (χ1n) is 10.0. The number of allylic oxidation sites excluding steroid dienone is 2. The number of anilines is 2. The van der Waals surface area contributed by atoms with E-state index in [9.17, 15) is 4.39 Å². The summed E-state index contributed by atoms with van der Waals surface area (Å²) in [7, 11) is 0. The zero-order valence-corrected chi connectivity index (χ0v) is 19.6. The van der Waals surface area contributed by atoms with Crippen molar-refractivity contribution in [3.63, 3.8) is 0 Å². The molecular weight excluding hydrogens is 514 g/mol. The van der Waals surface area contributed by atoms with Crippen LogP contribution < -0.4 is 30.3 Å². The van der Waals surface area contributed by atoms with E-state index in [1.165, 1.54) is 30.6 Å². The third kappa shape index (κ3) is 4.10. The fraction of sp³-hybridized carbons (Fsp3) is 0.333. The second kappa shape index (κ2) is 8.64. The average Bonchev–Trinajstić information content (AvgIpc) is 3.33. The second-order valence-electron chi connectivity index (χ2n) is 7.52. The predicted octanol–water partition coefficient (Wildman–Crippen LogP) is 1.43. The van der Waals surface area contributed by atoms with Gasteiger partial charge in [0, 0.05) is 0 Å². The Balaban J connectivity index is 1.43. The van der Waals surface area contributed by atoms with Crippen LogP contribution in [0.4, 0.5) is 15.2 Å². The molecule has 2 N–H and O–H groups in total. The number of aromatic nitrogens is 3. The Hall–Kier alpha value is -1.98. The van der Waals surface area contributed by atoms with E-state index in [4.69, 9.17) is 0 Å². The molecule has 5 rings (SSSR count). The molecule has 0 spiro atoms. The number of likely N-dealkylation sites (tertiary alicyclic amines) is 1. The summed E-state index contributed by atoms with van der Waals surface area (Å²) in [6.45, 7) is 4.74. The van der Waals surface area contributed by atoms with Gasteiger partial charge in [-0.25, -0.2) is 0 Å². The fourth-order valence-corrected chi connectivity index (χ4v) is 6.12. The molecule has 3 aromatic rings. The number of thiophene rings is 1. The Kier molecular flexibility index (Phi) is 5.74. The summed E-state index contributed by atoms with van der Waals surface area (Å²) < 4.78 is 22.2. The van der Waals surface area contributed by atoms with E-state index in [1.807, 2.05) is 29.9 Å². The van der Waals surface area contributed by atoms with E-state index in [0.29, 0.717) is 12.4 Å². The zero-order valence-electron chi connectivity index (χ0n) is 16.7. The van der Waals surface area contributed by atoms with E-state index in [2.05, 4.69) is 33.9 Å². The standard InChI is InChI=1S/C21H23FIN6S/c1-14-12-29-17(15-5-6-23-25-10-15)11-24-21(29)20(26-14)27-19-9-16(22)18(30-19)13-28-7-3-2-4-8-28/h5-6,9-12,25H,2-4,7-8,13H2,1H3,(H,26,27)/q-1. The summed E-state index contributed by atoms with van der Waals surface area (Å²) in [6.07, 6.45) is 11.7. The molecule has 0 radical (unpaired) electrons. The molecule has 0 unspecified atom stereocenters. The van der Waals surface area contributed by atoms with Crippen molar-refractivity contribution in [3.8, 4) is 0 Å². The van der Waals surface area contributed by atoms with E-state index in [-0.39, 0.29) is 27.3 Å². The van der Waals surface area contributed by atoms with Gasteiger partial charge in [0.05, 0.1) is 0 Å². The molecule has 0 aliphatic carbocycles. The predicted molar refractivity (Wildman–Crippen MR) is 115 cm³/mol. The van der Waals surface area contributed by atoms with Gasteiger partial charge >= 0.3 is 153 Å². The molecular formula is C21H23FIN6S-.